The van der Waals surface area contributed by atoms with Crippen molar-refractivity contribution in [2.75, 3.05) is 9.80 Å². The Morgan fingerprint density at radius 2 is 1.56 bits per heavy atom. The lowest BCUT2D eigenvalue weighted by Crippen LogP contribution is -2.69. The van der Waals surface area contributed by atoms with Crippen molar-refractivity contribution in [3.63, 3.8) is 0 Å². The highest BCUT2D eigenvalue weighted by molar-refractivity contribution is 8.03. The number of nitrogens with zero attached hydrogens (tertiary/aromatic N) is 2. The molecule has 3 aromatic carbocycles. The number of ether oxygens (including phenoxy) is 1. The quantitative estimate of drug-likeness (QED) is 0.219. The number of allylic oxidation sites excluding steroid dienone is 7. The van der Waals surface area contributed by atoms with E-state index in [-0.39, 0.29) is 30.6 Å². The summed E-state index contributed by atoms with van der Waals surface area (Å²) in [5.41, 5.74) is 12.9. The molecule has 3 aromatic rings. The molecule has 5 aliphatic carbocycles. The zero-order valence-electron chi connectivity index (χ0n) is 36.3. The standard InChI is InChI=1S/C54H61N5OS2/c1-3-34-19-15-30-49-50(34)59(42-25-10-14-29-48(42)62-49)43-32-44(58-40-23-8-12-27-46(40)61-47-28-13-9-24-41(47)58)39(31-33(43)2)54-56-52(35-17-5-4-6-18-35)55-53(57-54)38-22-16-21-37-36-20-7-11-26-45(36)60-51(37)38/h3-6,8-10,12,14,17-18,20,23-25,27,29,31,37-38,44-45,49-57H,7,11,13,15-16,19,21-22,26,28,30,32H2,1-2H3/b34-3-. The lowest BCUT2D eigenvalue weighted by Gasteiger charge is -2.52. The zero-order chi connectivity index (χ0) is 41.3. The first-order chi connectivity index (χ1) is 30.6. The van der Waals surface area contributed by atoms with Gasteiger partial charge in [-0.25, -0.2) is 0 Å². The van der Waals surface area contributed by atoms with Gasteiger partial charge in [-0.05, 0) is 131 Å². The summed E-state index contributed by atoms with van der Waals surface area (Å²) in [7, 11) is 0. The highest BCUT2D eigenvalue weighted by Crippen LogP contribution is 2.54. The van der Waals surface area contributed by atoms with Gasteiger partial charge in [0.25, 0.3) is 0 Å². The Hall–Kier alpha value is -3.76. The van der Waals surface area contributed by atoms with Crippen LogP contribution >= 0.6 is 23.5 Å². The molecule has 62 heavy (non-hydrogen) atoms. The highest BCUT2D eigenvalue weighted by atomic mass is 32.2. The van der Waals surface area contributed by atoms with Crippen molar-refractivity contribution in [1.29, 1.82) is 0 Å². The van der Waals surface area contributed by atoms with Crippen LogP contribution in [-0.2, 0) is 4.74 Å². The van der Waals surface area contributed by atoms with E-state index in [0.29, 0.717) is 29.2 Å². The zero-order valence-corrected chi connectivity index (χ0v) is 37.9. The fourth-order valence-electron chi connectivity index (χ4n) is 12.8. The van der Waals surface area contributed by atoms with E-state index in [1.165, 1.54) is 112 Å². The van der Waals surface area contributed by atoms with Gasteiger partial charge in [-0.3, -0.25) is 16.0 Å². The van der Waals surface area contributed by atoms with E-state index in [0.717, 1.165) is 19.3 Å². The van der Waals surface area contributed by atoms with Crippen LogP contribution in [0.3, 0.4) is 0 Å². The first kappa shape index (κ1) is 39.8. The van der Waals surface area contributed by atoms with Crippen LogP contribution in [0.5, 0.6) is 0 Å². The first-order valence-corrected chi connectivity index (χ1v) is 25.6. The van der Waals surface area contributed by atoms with Crippen LogP contribution in [0, 0.1) is 11.8 Å². The van der Waals surface area contributed by atoms with Crippen LogP contribution in [0.4, 0.5) is 11.4 Å². The number of anilines is 2. The molecule has 320 valence electrons. The molecule has 0 amide bonds. The average molecular weight is 860 g/mol. The predicted molar refractivity (Wildman–Crippen MR) is 257 cm³/mol. The van der Waals surface area contributed by atoms with Crippen LogP contribution < -0.4 is 25.8 Å². The summed E-state index contributed by atoms with van der Waals surface area (Å²) >= 11 is 4.11. The minimum Gasteiger partial charge on any atom is -0.370 e. The van der Waals surface area contributed by atoms with Crippen molar-refractivity contribution >= 4 is 34.9 Å². The van der Waals surface area contributed by atoms with Gasteiger partial charge in [-0.15, -0.1) is 11.8 Å². The van der Waals surface area contributed by atoms with E-state index in [1.54, 1.807) is 11.1 Å². The van der Waals surface area contributed by atoms with Gasteiger partial charge in [0.2, 0.25) is 0 Å². The molecule has 4 aliphatic heterocycles. The maximum absolute atomic E-state index is 7.13. The Balaban J connectivity index is 1.01. The monoisotopic (exact) mass is 859 g/mol. The molecule has 6 nitrogen and oxygen atoms in total. The fraction of sp³-hybridized carbons (Fsp3) is 0.444. The van der Waals surface area contributed by atoms with Gasteiger partial charge in [-0.2, -0.15) is 0 Å². The van der Waals surface area contributed by atoms with Crippen LogP contribution in [0.2, 0.25) is 0 Å². The number of thioether (sulfide) groups is 2. The van der Waals surface area contributed by atoms with Crippen LogP contribution in [0.15, 0.2) is 158 Å². The van der Waals surface area contributed by atoms with Crippen LogP contribution in [-0.4, -0.2) is 41.9 Å². The summed E-state index contributed by atoms with van der Waals surface area (Å²) in [4.78, 5) is 9.87. The first-order valence-electron chi connectivity index (χ1n) is 23.9. The van der Waals surface area contributed by atoms with Gasteiger partial charge in [0.15, 0.2) is 0 Å². The smallest absolute Gasteiger partial charge is 0.0862 e. The third-order valence-electron chi connectivity index (χ3n) is 15.6. The van der Waals surface area contributed by atoms with Gasteiger partial charge in [0.1, 0.15) is 0 Å². The number of para-hydroxylation sites is 2. The van der Waals surface area contributed by atoms with Gasteiger partial charge >= 0.3 is 0 Å². The summed E-state index contributed by atoms with van der Waals surface area (Å²) in [5, 5.41) is 13.3. The van der Waals surface area contributed by atoms with Gasteiger partial charge in [0, 0.05) is 43.9 Å². The molecule has 2 saturated heterocycles. The van der Waals surface area contributed by atoms with Crippen molar-refractivity contribution in [3.8, 4) is 0 Å². The molecule has 0 bridgehead atoms. The Kier molecular flexibility index (Phi) is 10.7. The molecule has 10 unspecified atom stereocenters. The summed E-state index contributed by atoms with van der Waals surface area (Å²) < 4.78 is 7.13. The Bertz CT molecular complexity index is 2420. The molecule has 0 aromatic heterocycles. The molecular weight excluding hydrogens is 799 g/mol. The van der Waals surface area contributed by atoms with Gasteiger partial charge < -0.3 is 14.5 Å². The Morgan fingerprint density at radius 3 is 2.44 bits per heavy atom. The van der Waals surface area contributed by atoms with E-state index in [4.69, 9.17) is 4.74 Å². The molecular formula is C54H61N5OS2. The number of hydrogen-bond donors (Lipinski definition) is 3. The summed E-state index contributed by atoms with van der Waals surface area (Å²) in [6.45, 7) is 4.69. The third kappa shape index (κ3) is 6.85. The fourth-order valence-corrected chi connectivity index (χ4v) is 15.5. The molecule has 2 saturated carbocycles. The molecule has 3 N–H and O–H groups in total. The van der Waals surface area contributed by atoms with E-state index in [2.05, 4.69) is 161 Å². The number of hydrogen-bond acceptors (Lipinski definition) is 8. The average Bonchev–Trinajstić information content (AvgIpc) is 3.71. The van der Waals surface area contributed by atoms with E-state index >= 15 is 0 Å². The van der Waals surface area contributed by atoms with Crippen molar-refractivity contribution in [1.82, 2.24) is 16.0 Å². The topological polar surface area (TPSA) is 51.8 Å². The lowest BCUT2D eigenvalue weighted by molar-refractivity contribution is -0.0436. The highest BCUT2D eigenvalue weighted by Gasteiger charge is 2.51. The van der Waals surface area contributed by atoms with Crippen molar-refractivity contribution in [2.45, 2.75) is 149 Å². The van der Waals surface area contributed by atoms with Crippen molar-refractivity contribution in [3.05, 3.63) is 153 Å². The molecule has 4 fully saturated rings. The molecule has 10 atom stereocenters. The molecule has 9 aliphatic rings. The van der Waals surface area contributed by atoms with E-state index < -0.39 is 0 Å². The predicted octanol–water partition coefficient (Wildman–Crippen LogP) is 12.0. The molecule has 8 heteroatoms. The second-order valence-electron chi connectivity index (χ2n) is 19.1. The van der Waals surface area contributed by atoms with Crippen molar-refractivity contribution < 1.29 is 4.74 Å². The minimum absolute atomic E-state index is 0.0113. The number of rotatable bonds is 5. The van der Waals surface area contributed by atoms with Gasteiger partial charge in [-0.1, -0.05) is 103 Å². The summed E-state index contributed by atoms with van der Waals surface area (Å²) in [6, 6.07) is 30.0. The Labute approximate surface area is 377 Å². The normalized spacial score (nSPS) is 34.7. The minimum atomic E-state index is -0.0627. The lowest BCUT2D eigenvalue weighted by atomic mass is 9.73. The number of nitrogens with one attached hydrogen (secondary N) is 3. The largest absolute Gasteiger partial charge is 0.370 e. The van der Waals surface area contributed by atoms with Gasteiger partial charge in [0.05, 0.1) is 59.9 Å². The van der Waals surface area contributed by atoms with Crippen molar-refractivity contribution in [2.24, 2.45) is 11.8 Å². The molecule has 12 rings (SSSR count). The van der Waals surface area contributed by atoms with Crippen LogP contribution in [0.25, 0.3) is 0 Å². The van der Waals surface area contributed by atoms with E-state index in [9.17, 15) is 0 Å². The summed E-state index contributed by atoms with van der Waals surface area (Å²) in [5.74, 6) is 0.918. The maximum atomic E-state index is 7.13. The Morgan fingerprint density at radius 1 is 0.758 bits per heavy atom. The number of fused-ring (bicyclic) bond motifs is 6. The SMILES string of the molecule is C/C=C1/CCCC2Sc3ccccc3N(C3=C(C)C=C(C4NC(c5ccccc5)NC(C5CCCC6C7=CCCCC7OC65)N4)C(N4C5=C(CCC=C5)Sc5ccccc54)C3)C12. The van der Waals surface area contributed by atoms with Crippen LogP contribution in [0.1, 0.15) is 103 Å². The molecule has 4 heterocycles. The third-order valence-corrected chi connectivity index (χ3v) is 18.3. The summed E-state index contributed by atoms with van der Waals surface area (Å²) in [6.07, 6.45) is 27.1. The molecule has 0 spiro atoms. The maximum Gasteiger partial charge on any atom is 0.0862 e. The number of benzene rings is 3. The molecule has 0 radical (unpaired) electrons. The second-order valence-corrected chi connectivity index (χ2v) is 21.5. The second kappa shape index (κ2) is 16.7. The van der Waals surface area contributed by atoms with E-state index in [1.807, 2.05) is 11.8 Å².